The third-order valence-electron chi connectivity index (χ3n) is 5.10. The molecule has 2 aliphatic rings. The molecule has 2 atom stereocenters. The van der Waals surface area contributed by atoms with Crippen LogP contribution in [0.25, 0.3) is 0 Å². The highest BCUT2D eigenvalue weighted by Crippen LogP contribution is 2.30. The Balaban J connectivity index is 1.55. The van der Waals surface area contributed by atoms with Crippen molar-refractivity contribution in [3.05, 3.63) is 54.4 Å². The van der Waals surface area contributed by atoms with Gasteiger partial charge < -0.3 is 14.5 Å². The van der Waals surface area contributed by atoms with Crippen LogP contribution in [0.4, 0.5) is 5.95 Å². The highest BCUT2D eigenvalue weighted by molar-refractivity contribution is 6.08. The van der Waals surface area contributed by atoms with E-state index in [0.29, 0.717) is 38.1 Å². The lowest BCUT2D eigenvalue weighted by atomic mass is 9.91. The second-order valence-electron chi connectivity index (χ2n) is 6.82. The number of anilines is 1. The first-order chi connectivity index (χ1) is 14.2. The Morgan fingerprint density at radius 1 is 1.03 bits per heavy atom. The number of rotatable bonds is 3. The molecule has 9 heteroatoms. The first-order valence-corrected chi connectivity index (χ1v) is 9.45. The number of nitrogens with one attached hydrogen (secondary N) is 1. The Labute approximate surface area is 168 Å². The third kappa shape index (κ3) is 3.89. The van der Waals surface area contributed by atoms with Gasteiger partial charge in [0.2, 0.25) is 17.8 Å². The van der Waals surface area contributed by atoms with Crippen LogP contribution in [0.15, 0.2) is 53.8 Å². The van der Waals surface area contributed by atoms with Crippen LogP contribution in [0.5, 0.6) is 0 Å². The van der Waals surface area contributed by atoms with Gasteiger partial charge in [0.15, 0.2) is 5.92 Å². The zero-order chi connectivity index (χ0) is 20.2. The zero-order valence-electron chi connectivity index (χ0n) is 16.1. The quantitative estimate of drug-likeness (QED) is 0.602. The van der Waals surface area contributed by atoms with E-state index in [-0.39, 0.29) is 0 Å². The van der Waals surface area contributed by atoms with Crippen molar-refractivity contribution in [2.45, 2.75) is 6.04 Å². The van der Waals surface area contributed by atoms with Gasteiger partial charge in [0.05, 0.1) is 7.11 Å². The molecule has 29 heavy (non-hydrogen) atoms. The summed E-state index contributed by atoms with van der Waals surface area (Å²) in [5.41, 5.74) is 0.798. The van der Waals surface area contributed by atoms with E-state index < -0.39 is 23.8 Å². The van der Waals surface area contributed by atoms with E-state index in [9.17, 15) is 9.59 Å². The number of piperazine rings is 1. The van der Waals surface area contributed by atoms with Gasteiger partial charge in [-0.1, -0.05) is 30.3 Å². The summed E-state index contributed by atoms with van der Waals surface area (Å²) in [5, 5.41) is 2.79. The predicted octanol–water partition coefficient (Wildman–Crippen LogP) is 0.615. The Morgan fingerprint density at radius 3 is 2.34 bits per heavy atom. The monoisotopic (exact) mass is 394 g/mol. The van der Waals surface area contributed by atoms with E-state index in [0.717, 1.165) is 5.56 Å². The van der Waals surface area contributed by atoms with Crippen LogP contribution < -0.4 is 10.2 Å². The fourth-order valence-corrected chi connectivity index (χ4v) is 3.58. The van der Waals surface area contributed by atoms with E-state index in [4.69, 9.17) is 9.73 Å². The largest absolute Gasteiger partial charge is 0.468 e. The van der Waals surface area contributed by atoms with Crippen molar-refractivity contribution in [2.75, 3.05) is 38.2 Å². The number of guanidine groups is 1. The van der Waals surface area contributed by atoms with Crippen molar-refractivity contribution < 1.29 is 14.3 Å². The molecule has 1 N–H and O–H groups in total. The van der Waals surface area contributed by atoms with Gasteiger partial charge in [-0.05, 0) is 11.6 Å². The van der Waals surface area contributed by atoms with Crippen LogP contribution in [0.3, 0.4) is 0 Å². The Kier molecular flexibility index (Phi) is 5.37. The Morgan fingerprint density at radius 2 is 1.69 bits per heavy atom. The summed E-state index contributed by atoms with van der Waals surface area (Å²) in [6.07, 6.45) is 3.44. The number of hydrogen-bond acceptors (Lipinski definition) is 8. The number of methoxy groups -OCH3 is 1. The summed E-state index contributed by atoms with van der Waals surface area (Å²) < 4.78 is 4.85. The number of esters is 1. The van der Waals surface area contributed by atoms with Gasteiger partial charge in [-0.3, -0.25) is 14.9 Å². The SMILES string of the molecule is COC(=O)[C@H]1C(=O)NC(N2CCN(c3ncccn3)CC2)=N[C@H]1c1ccccc1. The molecule has 0 spiro atoms. The standard InChI is InChI=1S/C20H22N6O3/c1-29-18(28)15-16(14-6-3-2-4-7-14)23-20(24-17(15)27)26-12-10-25(11-13-26)19-21-8-5-9-22-19/h2-9,15-16H,10-13H2,1H3,(H,23,24,27)/t15-,16+/m1/s1. The first-order valence-electron chi connectivity index (χ1n) is 9.45. The van der Waals surface area contributed by atoms with E-state index >= 15 is 0 Å². The van der Waals surface area contributed by atoms with Crippen LogP contribution in [0.2, 0.25) is 0 Å². The van der Waals surface area contributed by atoms with Crippen molar-refractivity contribution in [3.8, 4) is 0 Å². The lowest BCUT2D eigenvalue weighted by Gasteiger charge is -2.38. The van der Waals surface area contributed by atoms with Gasteiger partial charge in [0.25, 0.3) is 0 Å². The van der Waals surface area contributed by atoms with Crippen LogP contribution in [0, 0.1) is 5.92 Å². The predicted molar refractivity (Wildman–Crippen MR) is 106 cm³/mol. The van der Waals surface area contributed by atoms with Crippen LogP contribution in [0.1, 0.15) is 11.6 Å². The topological polar surface area (TPSA) is 100 Å². The van der Waals surface area contributed by atoms with Gasteiger partial charge >= 0.3 is 5.97 Å². The Bertz CT molecular complexity index is 897. The molecule has 1 aromatic heterocycles. The molecule has 9 nitrogen and oxygen atoms in total. The molecular formula is C20H22N6O3. The van der Waals surface area contributed by atoms with Gasteiger partial charge in [0.1, 0.15) is 6.04 Å². The van der Waals surface area contributed by atoms with E-state index in [1.165, 1.54) is 7.11 Å². The van der Waals surface area contributed by atoms with Crippen LogP contribution in [-0.4, -0.2) is 66.0 Å². The second kappa shape index (κ2) is 8.26. The zero-order valence-corrected chi connectivity index (χ0v) is 16.1. The number of aromatic nitrogens is 2. The van der Waals surface area contributed by atoms with Gasteiger partial charge in [-0.25, -0.2) is 15.0 Å². The molecule has 0 bridgehead atoms. The number of ether oxygens (including phenoxy) is 1. The van der Waals surface area contributed by atoms with E-state index in [1.54, 1.807) is 18.5 Å². The minimum Gasteiger partial charge on any atom is -0.468 e. The number of carbonyl (C=O) groups excluding carboxylic acids is 2. The van der Waals surface area contributed by atoms with Gasteiger partial charge in [-0.15, -0.1) is 0 Å². The normalized spacial score (nSPS) is 22.0. The summed E-state index contributed by atoms with van der Waals surface area (Å²) in [7, 11) is 1.28. The molecular weight excluding hydrogens is 372 g/mol. The van der Waals surface area contributed by atoms with Crippen molar-refractivity contribution >= 4 is 23.8 Å². The first kappa shape index (κ1) is 18.9. The number of benzene rings is 1. The summed E-state index contributed by atoms with van der Waals surface area (Å²) in [5.74, 6) is -0.827. The molecule has 3 heterocycles. The van der Waals surface area contributed by atoms with E-state index in [1.807, 2.05) is 35.2 Å². The highest BCUT2D eigenvalue weighted by atomic mass is 16.5. The molecule has 0 aliphatic carbocycles. The number of aliphatic imine (C=N–C) groups is 1. The van der Waals surface area contributed by atoms with Crippen molar-refractivity contribution in [1.82, 2.24) is 20.2 Å². The maximum absolute atomic E-state index is 12.8. The van der Waals surface area contributed by atoms with Gasteiger partial charge in [0, 0.05) is 38.6 Å². The van der Waals surface area contributed by atoms with E-state index in [2.05, 4.69) is 20.2 Å². The minimum atomic E-state index is -1.01. The molecule has 0 unspecified atom stereocenters. The molecule has 0 saturated carbocycles. The molecule has 1 fully saturated rings. The molecule has 0 radical (unpaired) electrons. The van der Waals surface area contributed by atoms with Crippen molar-refractivity contribution in [3.63, 3.8) is 0 Å². The van der Waals surface area contributed by atoms with Crippen LogP contribution >= 0.6 is 0 Å². The van der Waals surface area contributed by atoms with Crippen molar-refractivity contribution in [2.24, 2.45) is 10.9 Å². The number of hydrogen-bond donors (Lipinski definition) is 1. The van der Waals surface area contributed by atoms with Crippen molar-refractivity contribution in [1.29, 1.82) is 0 Å². The maximum Gasteiger partial charge on any atom is 0.320 e. The third-order valence-corrected chi connectivity index (χ3v) is 5.10. The smallest absolute Gasteiger partial charge is 0.320 e. The number of amides is 1. The molecule has 2 aromatic rings. The maximum atomic E-state index is 12.8. The Hall–Kier alpha value is -3.49. The fourth-order valence-electron chi connectivity index (χ4n) is 3.58. The average molecular weight is 394 g/mol. The summed E-state index contributed by atoms with van der Waals surface area (Å²) in [4.78, 5) is 42.4. The summed E-state index contributed by atoms with van der Waals surface area (Å²) >= 11 is 0. The number of carbonyl (C=O) groups is 2. The molecule has 2 aliphatic heterocycles. The molecule has 1 saturated heterocycles. The minimum absolute atomic E-state index is 0.399. The summed E-state index contributed by atoms with van der Waals surface area (Å²) in [6, 6.07) is 10.5. The average Bonchev–Trinajstić information content (AvgIpc) is 2.79. The van der Waals surface area contributed by atoms with Gasteiger partial charge in [-0.2, -0.15) is 0 Å². The number of nitrogens with zero attached hydrogens (tertiary/aromatic N) is 5. The van der Waals surface area contributed by atoms with Crippen LogP contribution in [-0.2, 0) is 14.3 Å². The fraction of sp³-hybridized carbons (Fsp3) is 0.350. The summed E-state index contributed by atoms with van der Waals surface area (Å²) in [6.45, 7) is 2.72. The molecule has 1 aromatic carbocycles. The molecule has 150 valence electrons. The molecule has 4 rings (SSSR count). The molecule has 1 amide bonds. The lowest BCUT2D eigenvalue weighted by molar-refractivity contribution is -0.151. The highest BCUT2D eigenvalue weighted by Gasteiger charge is 2.42. The lowest BCUT2D eigenvalue weighted by Crippen LogP contribution is -2.57. The second-order valence-corrected chi connectivity index (χ2v) is 6.82.